The van der Waals surface area contributed by atoms with Crippen LogP contribution in [0.15, 0.2) is 36.4 Å². The normalized spacial score (nSPS) is 17.2. The summed E-state index contributed by atoms with van der Waals surface area (Å²) in [5, 5.41) is 3.61. The summed E-state index contributed by atoms with van der Waals surface area (Å²) >= 11 is 0. The van der Waals surface area contributed by atoms with Crippen molar-refractivity contribution in [1.82, 2.24) is 5.32 Å². The van der Waals surface area contributed by atoms with Crippen LogP contribution in [-0.4, -0.2) is 6.54 Å². The highest BCUT2D eigenvalue weighted by molar-refractivity contribution is 5.73. The fourth-order valence-corrected chi connectivity index (χ4v) is 3.39. The molecule has 1 N–H and O–H groups in total. The van der Waals surface area contributed by atoms with Crippen molar-refractivity contribution in [3.63, 3.8) is 0 Å². The Morgan fingerprint density at radius 2 is 1.95 bits per heavy atom. The summed E-state index contributed by atoms with van der Waals surface area (Å²) < 4.78 is 0. The van der Waals surface area contributed by atoms with Crippen molar-refractivity contribution >= 4 is 0 Å². The van der Waals surface area contributed by atoms with Crippen LogP contribution in [0.5, 0.6) is 0 Å². The highest BCUT2D eigenvalue weighted by atomic mass is 14.9. The van der Waals surface area contributed by atoms with Crippen LogP contribution in [0.25, 0.3) is 11.1 Å². The molecule has 0 radical (unpaired) electrons. The molecule has 0 saturated carbocycles. The van der Waals surface area contributed by atoms with E-state index in [9.17, 15) is 0 Å². The van der Waals surface area contributed by atoms with E-state index in [4.69, 9.17) is 0 Å². The molecule has 1 nitrogen and oxygen atoms in total. The standard InChI is InChI=1S/C19H23N/c1-4-20-19-11-10-16-15(6-5-7-17(16)19)18-12-13(2)8-9-14(18)3/h5-9,12,19-20H,4,10-11H2,1-3H3. The van der Waals surface area contributed by atoms with Crippen molar-refractivity contribution in [2.24, 2.45) is 0 Å². The zero-order chi connectivity index (χ0) is 14.1. The molecule has 0 aliphatic heterocycles. The zero-order valence-electron chi connectivity index (χ0n) is 12.7. The predicted molar refractivity (Wildman–Crippen MR) is 86.1 cm³/mol. The number of nitrogens with one attached hydrogen (secondary N) is 1. The minimum absolute atomic E-state index is 0.542. The Hall–Kier alpha value is -1.60. The second kappa shape index (κ2) is 5.41. The monoisotopic (exact) mass is 265 g/mol. The molecule has 0 aromatic heterocycles. The minimum Gasteiger partial charge on any atom is -0.310 e. The number of hydrogen-bond donors (Lipinski definition) is 1. The van der Waals surface area contributed by atoms with E-state index in [0.717, 1.165) is 6.54 Å². The molecule has 0 heterocycles. The van der Waals surface area contributed by atoms with E-state index in [1.54, 1.807) is 5.56 Å². The summed E-state index contributed by atoms with van der Waals surface area (Å²) in [5.41, 5.74) is 8.60. The minimum atomic E-state index is 0.542. The summed E-state index contributed by atoms with van der Waals surface area (Å²) in [5.74, 6) is 0. The third-order valence-electron chi connectivity index (χ3n) is 4.40. The topological polar surface area (TPSA) is 12.0 Å². The van der Waals surface area contributed by atoms with Crippen LogP contribution in [0.1, 0.15) is 41.6 Å². The van der Waals surface area contributed by atoms with Gasteiger partial charge in [-0.2, -0.15) is 0 Å². The largest absolute Gasteiger partial charge is 0.310 e. The molecule has 2 aromatic rings. The number of aryl methyl sites for hydroxylation is 2. The van der Waals surface area contributed by atoms with E-state index in [-0.39, 0.29) is 0 Å². The van der Waals surface area contributed by atoms with Gasteiger partial charge in [0.15, 0.2) is 0 Å². The summed E-state index contributed by atoms with van der Waals surface area (Å²) in [6.07, 6.45) is 2.42. The number of rotatable bonds is 3. The molecule has 1 aliphatic carbocycles. The molecule has 0 spiro atoms. The summed E-state index contributed by atoms with van der Waals surface area (Å²) in [6.45, 7) is 7.61. The van der Waals surface area contributed by atoms with Crippen molar-refractivity contribution in [3.05, 3.63) is 58.7 Å². The molecular formula is C19H23N. The van der Waals surface area contributed by atoms with Gasteiger partial charge >= 0.3 is 0 Å². The van der Waals surface area contributed by atoms with Crippen LogP contribution < -0.4 is 5.32 Å². The van der Waals surface area contributed by atoms with Gasteiger partial charge in [-0.1, -0.05) is 48.9 Å². The first kappa shape index (κ1) is 13.4. The molecule has 0 bridgehead atoms. The lowest BCUT2D eigenvalue weighted by Crippen LogP contribution is -2.18. The number of fused-ring (bicyclic) bond motifs is 1. The Balaban J connectivity index is 2.10. The fraction of sp³-hybridized carbons (Fsp3) is 0.368. The summed E-state index contributed by atoms with van der Waals surface area (Å²) in [4.78, 5) is 0. The maximum absolute atomic E-state index is 3.61. The van der Waals surface area contributed by atoms with Crippen molar-refractivity contribution in [2.45, 2.75) is 39.7 Å². The molecule has 1 unspecified atom stereocenters. The van der Waals surface area contributed by atoms with E-state index in [0.29, 0.717) is 6.04 Å². The first-order chi connectivity index (χ1) is 9.70. The van der Waals surface area contributed by atoms with Gasteiger partial charge in [-0.3, -0.25) is 0 Å². The van der Waals surface area contributed by atoms with Crippen molar-refractivity contribution in [1.29, 1.82) is 0 Å². The lowest BCUT2D eigenvalue weighted by molar-refractivity contribution is 0.549. The van der Waals surface area contributed by atoms with Crippen LogP contribution in [0, 0.1) is 13.8 Å². The van der Waals surface area contributed by atoms with E-state index in [2.05, 4.69) is 62.5 Å². The average Bonchev–Trinajstić information content (AvgIpc) is 2.85. The quantitative estimate of drug-likeness (QED) is 0.857. The van der Waals surface area contributed by atoms with Crippen molar-refractivity contribution in [3.8, 4) is 11.1 Å². The molecule has 0 saturated heterocycles. The molecule has 1 atom stereocenters. The SMILES string of the molecule is CCNC1CCc2c(-c3cc(C)ccc3C)cccc21. The molecule has 0 fully saturated rings. The van der Waals surface area contributed by atoms with Crippen LogP contribution in [0.4, 0.5) is 0 Å². The van der Waals surface area contributed by atoms with Gasteiger partial charge in [0, 0.05) is 6.04 Å². The molecular weight excluding hydrogens is 242 g/mol. The third kappa shape index (κ3) is 2.27. The zero-order valence-corrected chi connectivity index (χ0v) is 12.7. The van der Waals surface area contributed by atoms with Crippen LogP contribution in [-0.2, 0) is 6.42 Å². The predicted octanol–water partition coefficient (Wildman–Crippen LogP) is 4.57. The first-order valence-corrected chi connectivity index (χ1v) is 7.63. The first-order valence-electron chi connectivity index (χ1n) is 7.63. The summed E-state index contributed by atoms with van der Waals surface area (Å²) in [7, 11) is 0. The fourth-order valence-electron chi connectivity index (χ4n) is 3.39. The van der Waals surface area contributed by atoms with Gasteiger partial charge in [0.05, 0.1) is 0 Å². The van der Waals surface area contributed by atoms with Gasteiger partial charge < -0.3 is 5.32 Å². The Morgan fingerprint density at radius 3 is 2.75 bits per heavy atom. The second-order valence-electron chi connectivity index (χ2n) is 5.84. The molecule has 0 amide bonds. The Bertz CT molecular complexity index is 628. The van der Waals surface area contributed by atoms with Gasteiger partial charge in [-0.25, -0.2) is 0 Å². The van der Waals surface area contributed by atoms with Crippen LogP contribution in [0.3, 0.4) is 0 Å². The van der Waals surface area contributed by atoms with Gasteiger partial charge in [0.1, 0.15) is 0 Å². The van der Waals surface area contributed by atoms with Gasteiger partial charge in [0.2, 0.25) is 0 Å². The maximum Gasteiger partial charge on any atom is 0.0326 e. The number of benzene rings is 2. The average molecular weight is 265 g/mol. The smallest absolute Gasteiger partial charge is 0.0326 e. The van der Waals surface area contributed by atoms with E-state index >= 15 is 0 Å². The lowest BCUT2D eigenvalue weighted by Gasteiger charge is -2.15. The highest BCUT2D eigenvalue weighted by Gasteiger charge is 2.24. The molecule has 20 heavy (non-hydrogen) atoms. The Morgan fingerprint density at radius 1 is 1.10 bits per heavy atom. The molecule has 2 aromatic carbocycles. The molecule has 1 heteroatoms. The van der Waals surface area contributed by atoms with E-state index < -0.39 is 0 Å². The van der Waals surface area contributed by atoms with Gasteiger partial charge in [-0.05, 0) is 61.1 Å². The molecule has 1 aliphatic rings. The summed E-state index contributed by atoms with van der Waals surface area (Å²) in [6, 6.07) is 14.1. The Labute approximate surface area is 122 Å². The lowest BCUT2D eigenvalue weighted by atomic mass is 9.92. The van der Waals surface area contributed by atoms with Crippen LogP contribution >= 0.6 is 0 Å². The van der Waals surface area contributed by atoms with Crippen molar-refractivity contribution < 1.29 is 0 Å². The van der Waals surface area contributed by atoms with Gasteiger partial charge in [0.25, 0.3) is 0 Å². The second-order valence-corrected chi connectivity index (χ2v) is 5.84. The maximum atomic E-state index is 3.61. The molecule has 3 rings (SSSR count). The van der Waals surface area contributed by atoms with Gasteiger partial charge in [-0.15, -0.1) is 0 Å². The van der Waals surface area contributed by atoms with Crippen LogP contribution in [0.2, 0.25) is 0 Å². The van der Waals surface area contributed by atoms with E-state index in [1.807, 2.05) is 0 Å². The van der Waals surface area contributed by atoms with E-state index in [1.165, 1.54) is 40.7 Å². The van der Waals surface area contributed by atoms with Crippen molar-refractivity contribution in [2.75, 3.05) is 6.54 Å². The number of hydrogen-bond acceptors (Lipinski definition) is 1. The third-order valence-corrected chi connectivity index (χ3v) is 4.40. The highest BCUT2D eigenvalue weighted by Crippen LogP contribution is 2.38. The molecule has 104 valence electrons. The Kier molecular flexibility index (Phi) is 3.62.